The molecule has 0 saturated heterocycles. The molecule has 0 unspecified atom stereocenters. The van der Waals surface area contributed by atoms with Gasteiger partial charge in [0, 0.05) is 16.7 Å². The third kappa shape index (κ3) is 2.22. The number of hydrogen-bond donors (Lipinski definition) is 1. The number of benzene rings is 3. The second-order valence-corrected chi connectivity index (χ2v) is 5.87. The van der Waals surface area contributed by atoms with Crippen LogP contribution in [0.15, 0.2) is 78.9 Å². The molecule has 0 spiro atoms. The zero-order valence-electron chi connectivity index (χ0n) is 13.2. The quantitative estimate of drug-likeness (QED) is 0.741. The van der Waals surface area contributed by atoms with Crippen molar-refractivity contribution in [1.82, 2.24) is 0 Å². The fourth-order valence-electron chi connectivity index (χ4n) is 3.34. The van der Waals surface area contributed by atoms with Crippen molar-refractivity contribution in [2.24, 2.45) is 0 Å². The van der Waals surface area contributed by atoms with Gasteiger partial charge < -0.3 is 9.84 Å². The van der Waals surface area contributed by atoms with Crippen LogP contribution in [0, 0.1) is 0 Å². The molecule has 1 aliphatic heterocycles. The Morgan fingerprint density at radius 3 is 1.92 bits per heavy atom. The molecule has 3 aromatic rings. The van der Waals surface area contributed by atoms with Crippen molar-refractivity contribution in [3.63, 3.8) is 0 Å². The van der Waals surface area contributed by atoms with Crippen LogP contribution in [0.4, 0.5) is 0 Å². The van der Waals surface area contributed by atoms with E-state index in [4.69, 9.17) is 4.74 Å². The Morgan fingerprint density at radius 2 is 1.40 bits per heavy atom. The summed E-state index contributed by atoms with van der Waals surface area (Å²) in [6.07, 6.45) is 0. The molecular formula is C21H14O4. The van der Waals surface area contributed by atoms with E-state index in [9.17, 15) is 14.7 Å². The van der Waals surface area contributed by atoms with Crippen LogP contribution >= 0.6 is 0 Å². The predicted molar refractivity (Wildman–Crippen MR) is 91.6 cm³/mol. The zero-order valence-corrected chi connectivity index (χ0v) is 13.2. The summed E-state index contributed by atoms with van der Waals surface area (Å²) in [5, 5.41) is 9.21. The summed E-state index contributed by atoms with van der Waals surface area (Å²) in [6.45, 7) is 0. The van der Waals surface area contributed by atoms with Crippen LogP contribution in [0.2, 0.25) is 0 Å². The molecule has 1 N–H and O–H groups in total. The van der Waals surface area contributed by atoms with Crippen LogP contribution in [-0.2, 0) is 10.3 Å². The number of esters is 1. The molecule has 0 aromatic heterocycles. The van der Waals surface area contributed by atoms with Gasteiger partial charge in [0.2, 0.25) is 0 Å². The van der Waals surface area contributed by atoms with E-state index in [2.05, 4.69) is 0 Å². The molecule has 0 fully saturated rings. The van der Waals surface area contributed by atoms with Gasteiger partial charge in [-0.25, -0.2) is 9.59 Å². The molecule has 0 aliphatic carbocycles. The largest absolute Gasteiger partial charge is 0.478 e. The summed E-state index contributed by atoms with van der Waals surface area (Å²) in [4.78, 5) is 23.8. The number of carboxylic acid groups (broad SMARTS) is 1. The van der Waals surface area contributed by atoms with E-state index >= 15 is 0 Å². The van der Waals surface area contributed by atoms with Crippen molar-refractivity contribution in [3.8, 4) is 0 Å². The van der Waals surface area contributed by atoms with Crippen LogP contribution in [0.5, 0.6) is 0 Å². The Balaban J connectivity index is 2.03. The molecule has 0 radical (unpaired) electrons. The molecule has 1 heterocycles. The van der Waals surface area contributed by atoms with E-state index in [1.165, 1.54) is 12.1 Å². The van der Waals surface area contributed by atoms with Gasteiger partial charge in [-0.05, 0) is 12.1 Å². The lowest BCUT2D eigenvalue weighted by atomic mass is 9.79. The van der Waals surface area contributed by atoms with Crippen LogP contribution in [-0.4, -0.2) is 17.0 Å². The zero-order chi connectivity index (χ0) is 17.4. The maximum atomic E-state index is 12.6. The van der Waals surface area contributed by atoms with Crippen LogP contribution in [0.3, 0.4) is 0 Å². The number of ether oxygens (including phenoxy) is 1. The topological polar surface area (TPSA) is 63.6 Å². The standard InChI is InChI=1S/C21H14O4/c22-19(23)14-11-12-18-17(13-14)20(24)25-21(18,15-7-3-1-4-8-15)16-9-5-2-6-10-16/h1-13H,(H,22,23). The van der Waals surface area contributed by atoms with Crippen molar-refractivity contribution in [1.29, 1.82) is 0 Å². The average molecular weight is 330 g/mol. The van der Waals surface area contributed by atoms with Gasteiger partial charge in [-0.3, -0.25) is 0 Å². The number of hydrogen-bond acceptors (Lipinski definition) is 3. The van der Waals surface area contributed by atoms with E-state index in [-0.39, 0.29) is 11.1 Å². The lowest BCUT2D eigenvalue weighted by Crippen LogP contribution is -2.29. The van der Waals surface area contributed by atoms with E-state index < -0.39 is 17.5 Å². The lowest BCUT2D eigenvalue weighted by Gasteiger charge is -2.30. The van der Waals surface area contributed by atoms with Crippen molar-refractivity contribution in [2.75, 3.05) is 0 Å². The van der Waals surface area contributed by atoms with Gasteiger partial charge in [-0.1, -0.05) is 66.7 Å². The highest BCUT2D eigenvalue weighted by Crippen LogP contribution is 2.46. The summed E-state index contributed by atoms with van der Waals surface area (Å²) in [5.41, 5.74) is 1.55. The molecule has 1 aliphatic rings. The Bertz CT molecular complexity index is 922. The molecular weight excluding hydrogens is 316 g/mol. The first kappa shape index (κ1) is 15.1. The van der Waals surface area contributed by atoms with Gasteiger partial charge in [-0.2, -0.15) is 0 Å². The summed E-state index contributed by atoms with van der Waals surface area (Å²) < 4.78 is 5.89. The van der Waals surface area contributed by atoms with Crippen LogP contribution < -0.4 is 0 Å². The molecule has 0 bridgehead atoms. The smallest absolute Gasteiger partial charge is 0.340 e. The van der Waals surface area contributed by atoms with Gasteiger partial charge in [0.1, 0.15) is 0 Å². The summed E-state index contributed by atoms with van der Waals surface area (Å²) >= 11 is 0. The molecule has 4 nitrogen and oxygen atoms in total. The van der Waals surface area contributed by atoms with E-state index in [0.29, 0.717) is 5.56 Å². The first-order valence-electron chi connectivity index (χ1n) is 7.85. The molecule has 0 amide bonds. The highest BCUT2D eigenvalue weighted by molar-refractivity contribution is 5.99. The number of carbonyl (C=O) groups is 2. The predicted octanol–water partition coefficient (Wildman–Crippen LogP) is 3.85. The summed E-state index contributed by atoms with van der Waals surface area (Å²) in [7, 11) is 0. The molecule has 4 rings (SSSR count). The Labute approximate surface area is 144 Å². The maximum absolute atomic E-state index is 12.6. The van der Waals surface area contributed by atoms with E-state index in [1.807, 2.05) is 60.7 Å². The normalized spacial score (nSPS) is 14.6. The van der Waals surface area contributed by atoms with Gasteiger partial charge in [0.05, 0.1) is 11.1 Å². The van der Waals surface area contributed by atoms with E-state index in [1.54, 1.807) is 6.07 Å². The van der Waals surface area contributed by atoms with Gasteiger partial charge in [0.15, 0.2) is 5.60 Å². The highest BCUT2D eigenvalue weighted by atomic mass is 16.6. The van der Waals surface area contributed by atoms with Crippen molar-refractivity contribution >= 4 is 11.9 Å². The minimum absolute atomic E-state index is 0.0626. The molecule has 0 saturated carbocycles. The number of carbonyl (C=O) groups excluding carboxylic acids is 1. The van der Waals surface area contributed by atoms with Crippen LogP contribution in [0.1, 0.15) is 37.4 Å². The Kier molecular flexibility index (Phi) is 3.39. The Hall–Kier alpha value is -3.40. The Morgan fingerprint density at radius 1 is 0.840 bits per heavy atom. The van der Waals surface area contributed by atoms with Gasteiger partial charge in [0.25, 0.3) is 0 Å². The maximum Gasteiger partial charge on any atom is 0.340 e. The fourth-order valence-corrected chi connectivity index (χ4v) is 3.34. The summed E-state index contributed by atoms with van der Waals surface area (Å²) in [6, 6.07) is 23.5. The van der Waals surface area contributed by atoms with Gasteiger partial charge >= 0.3 is 11.9 Å². The second-order valence-electron chi connectivity index (χ2n) is 5.87. The SMILES string of the molecule is O=C(O)c1ccc2c(c1)C(=O)OC2(c1ccccc1)c1ccccc1. The lowest BCUT2D eigenvalue weighted by molar-refractivity contribution is 0.0251. The third-order valence-electron chi connectivity index (χ3n) is 4.47. The number of aromatic carboxylic acids is 1. The minimum atomic E-state index is -1.08. The molecule has 3 aromatic carbocycles. The van der Waals surface area contributed by atoms with Crippen molar-refractivity contribution in [2.45, 2.75) is 5.60 Å². The van der Waals surface area contributed by atoms with Gasteiger partial charge in [-0.15, -0.1) is 0 Å². The molecule has 122 valence electrons. The summed E-state index contributed by atoms with van der Waals surface area (Å²) in [5.74, 6) is -1.60. The number of cyclic esters (lactones) is 1. The number of carboxylic acids is 1. The van der Waals surface area contributed by atoms with Crippen molar-refractivity contribution < 1.29 is 19.4 Å². The first-order valence-corrected chi connectivity index (χ1v) is 7.85. The number of fused-ring (bicyclic) bond motifs is 1. The minimum Gasteiger partial charge on any atom is -0.478 e. The van der Waals surface area contributed by atoms with Crippen molar-refractivity contribution in [3.05, 3.63) is 107 Å². The monoisotopic (exact) mass is 330 g/mol. The second kappa shape index (κ2) is 5.60. The first-order chi connectivity index (χ1) is 12.1. The molecule has 4 heteroatoms. The average Bonchev–Trinajstić information content (AvgIpc) is 2.96. The third-order valence-corrected chi connectivity index (χ3v) is 4.47. The molecule has 0 atom stereocenters. The van der Waals surface area contributed by atoms with Crippen LogP contribution in [0.25, 0.3) is 0 Å². The molecule has 25 heavy (non-hydrogen) atoms. The highest BCUT2D eigenvalue weighted by Gasteiger charge is 2.48. The van der Waals surface area contributed by atoms with E-state index in [0.717, 1.165) is 11.1 Å². The fraction of sp³-hybridized carbons (Fsp3) is 0.0476. The number of rotatable bonds is 3.